The molecule has 0 atom stereocenters. The number of nitrogen functional groups attached to an aromatic ring is 1. The van der Waals surface area contributed by atoms with Gasteiger partial charge in [-0.2, -0.15) is 5.10 Å². The van der Waals surface area contributed by atoms with E-state index in [0.29, 0.717) is 6.61 Å². The van der Waals surface area contributed by atoms with Gasteiger partial charge in [0.05, 0.1) is 12.3 Å². The first-order chi connectivity index (χ1) is 9.08. The van der Waals surface area contributed by atoms with Crippen LogP contribution < -0.4 is 10.5 Å². The van der Waals surface area contributed by atoms with Crippen LogP contribution in [0.25, 0.3) is 0 Å². The van der Waals surface area contributed by atoms with Gasteiger partial charge in [-0.3, -0.25) is 4.68 Å². The fourth-order valence-electron chi connectivity index (χ4n) is 1.97. The molecule has 19 heavy (non-hydrogen) atoms. The number of hydrogen-bond donors (Lipinski definition) is 1. The Hall–Kier alpha value is -1.97. The van der Waals surface area contributed by atoms with Gasteiger partial charge in [0.2, 0.25) is 0 Å². The molecule has 2 aromatic rings. The first-order valence-corrected chi connectivity index (χ1v) is 6.57. The minimum Gasteiger partial charge on any atom is -0.494 e. The number of aromatic nitrogens is 2. The Morgan fingerprint density at radius 3 is 2.42 bits per heavy atom. The number of anilines is 1. The van der Waals surface area contributed by atoms with Crippen molar-refractivity contribution < 1.29 is 4.74 Å². The van der Waals surface area contributed by atoms with Crippen molar-refractivity contribution in [3.63, 3.8) is 0 Å². The maximum absolute atomic E-state index is 5.66. The molecular weight excluding hydrogens is 238 g/mol. The Bertz CT molecular complexity index is 543. The number of rotatable bonds is 5. The van der Waals surface area contributed by atoms with Crippen molar-refractivity contribution in [2.75, 3.05) is 12.3 Å². The lowest BCUT2D eigenvalue weighted by Crippen LogP contribution is -2.07. The first kappa shape index (κ1) is 13.5. The topological polar surface area (TPSA) is 53.1 Å². The van der Waals surface area contributed by atoms with E-state index in [2.05, 4.69) is 23.6 Å². The highest BCUT2D eigenvalue weighted by molar-refractivity contribution is 5.41. The second-order valence-electron chi connectivity index (χ2n) is 4.79. The third-order valence-electron chi connectivity index (χ3n) is 3.41. The summed E-state index contributed by atoms with van der Waals surface area (Å²) in [6.45, 7) is 7.83. The number of benzene rings is 1. The smallest absolute Gasteiger partial charge is 0.119 e. The normalized spacial score (nSPS) is 10.7. The van der Waals surface area contributed by atoms with Crippen molar-refractivity contribution in [3.8, 4) is 5.75 Å². The van der Waals surface area contributed by atoms with Crippen LogP contribution in [0.3, 0.4) is 0 Å². The molecule has 2 rings (SSSR count). The van der Waals surface area contributed by atoms with Crippen LogP contribution in [0.4, 0.5) is 5.69 Å². The Labute approximate surface area is 114 Å². The van der Waals surface area contributed by atoms with Crippen LogP contribution in [-0.2, 0) is 6.54 Å². The second-order valence-corrected chi connectivity index (χ2v) is 4.79. The zero-order chi connectivity index (χ0) is 13.8. The van der Waals surface area contributed by atoms with Crippen LogP contribution in [0, 0.1) is 20.8 Å². The summed E-state index contributed by atoms with van der Waals surface area (Å²) in [5.41, 5.74) is 10.0. The van der Waals surface area contributed by atoms with Crippen LogP contribution in [0.1, 0.15) is 23.4 Å². The Balaban J connectivity index is 1.80. The standard InChI is InChI=1S/C15H21N3O/c1-11-12(2)17-18(13(11)3)9-4-10-19-15-7-5-14(16)6-8-15/h5-8H,4,9-10,16H2,1-3H3. The van der Waals surface area contributed by atoms with E-state index in [1.165, 1.54) is 11.3 Å². The molecule has 1 heterocycles. The molecule has 0 radical (unpaired) electrons. The highest BCUT2D eigenvalue weighted by Crippen LogP contribution is 2.14. The quantitative estimate of drug-likeness (QED) is 0.663. The van der Waals surface area contributed by atoms with Crippen LogP contribution >= 0.6 is 0 Å². The fraction of sp³-hybridized carbons (Fsp3) is 0.400. The molecule has 0 saturated carbocycles. The number of nitrogens with zero attached hydrogens (tertiary/aromatic N) is 2. The van der Waals surface area contributed by atoms with Crippen molar-refractivity contribution in [3.05, 3.63) is 41.2 Å². The lowest BCUT2D eigenvalue weighted by atomic mass is 10.2. The van der Waals surface area contributed by atoms with Crippen molar-refractivity contribution in [2.45, 2.75) is 33.7 Å². The molecule has 0 saturated heterocycles. The second kappa shape index (κ2) is 5.78. The van der Waals surface area contributed by atoms with Gasteiger partial charge in [0.25, 0.3) is 0 Å². The van der Waals surface area contributed by atoms with Crippen molar-refractivity contribution in [1.82, 2.24) is 9.78 Å². The summed E-state index contributed by atoms with van der Waals surface area (Å²) >= 11 is 0. The molecule has 1 aromatic carbocycles. The summed E-state index contributed by atoms with van der Waals surface area (Å²) in [6, 6.07) is 7.48. The Kier molecular flexibility index (Phi) is 4.10. The summed E-state index contributed by atoms with van der Waals surface area (Å²) in [4.78, 5) is 0. The average Bonchev–Trinajstić information content (AvgIpc) is 2.64. The Morgan fingerprint density at radius 2 is 1.84 bits per heavy atom. The minimum absolute atomic E-state index is 0.682. The predicted octanol–water partition coefficient (Wildman–Crippen LogP) is 2.86. The van der Waals surface area contributed by atoms with Gasteiger partial charge >= 0.3 is 0 Å². The Morgan fingerprint density at radius 1 is 1.16 bits per heavy atom. The third-order valence-corrected chi connectivity index (χ3v) is 3.41. The molecule has 1 aromatic heterocycles. The molecule has 4 nitrogen and oxygen atoms in total. The van der Waals surface area contributed by atoms with E-state index in [1.54, 1.807) is 0 Å². The monoisotopic (exact) mass is 259 g/mol. The lowest BCUT2D eigenvalue weighted by Gasteiger charge is -2.07. The van der Waals surface area contributed by atoms with Crippen LogP contribution in [0.2, 0.25) is 0 Å². The summed E-state index contributed by atoms with van der Waals surface area (Å²) in [5.74, 6) is 0.860. The van der Waals surface area contributed by atoms with Gasteiger partial charge in [-0.15, -0.1) is 0 Å². The van der Waals surface area contributed by atoms with Gasteiger partial charge in [0.15, 0.2) is 0 Å². The summed E-state index contributed by atoms with van der Waals surface area (Å²) in [7, 11) is 0. The SMILES string of the molecule is Cc1nn(CCCOc2ccc(N)cc2)c(C)c1C. The van der Waals surface area contributed by atoms with Gasteiger partial charge in [-0.05, 0) is 50.6 Å². The molecule has 0 spiro atoms. The highest BCUT2D eigenvalue weighted by atomic mass is 16.5. The van der Waals surface area contributed by atoms with E-state index in [1.807, 2.05) is 31.2 Å². The van der Waals surface area contributed by atoms with E-state index in [0.717, 1.165) is 30.1 Å². The molecular formula is C15H21N3O. The van der Waals surface area contributed by atoms with Crippen LogP contribution in [0.15, 0.2) is 24.3 Å². The zero-order valence-corrected chi connectivity index (χ0v) is 11.8. The van der Waals surface area contributed by atoms with E-state index in [4.69, 9.17) is 10.5 Å². The highest BCUT2D eigenvalue weighted by Gasteiger charge is 2.06. The van der Waals surface area contributed by atoms with Gasteiger partial charge in [-0.25, -0.2) is 0 Å². The lowest BCUT2D eigenvalue weighted by molar-refractivity contribution is 0.298. The molecule has 0 fully saturated rings. The third kappa shape index (κ3) is 3.28. The first-order valence-electron chi connectivity index (χ1n) is 6.57. The molecule has 0 aliphatic heterocycles. The zero-order valence-electron chi connectivity index (χ0n) is 11.8. The van der Waals surface area contributed by atoms with E-state index in [-0.39, 0.29) is 0 Å². The summed E-state index contributed by atoms with van der Waals surface area (Å²) in [5, 5.41) is 4.51. The molecule has 2 N–H and O–H groups in total. The number of nitrogens with two attached hydrogens (primary N) is 1. The van der Waals surface area contributed by atoms with Crippen LogP contribution in [0.5, 0.6) is 5.75 Å². The molecule has 0 bridgehead atoms. The van der Waals surface area contributed by atoms with Gasteiger partial charge in [0.1, 0.15) is 5.75 Å². The van der Waals surface area contributed by atoms with Gasteiger partial charge in [-0.1, -0.05) is 0 Å². The van der Waals surface area contributed by atoms with E-state index >= 15 is 0 Å². The molecule has 102 valence electrons. The van der Waals surface area contributed by atoms with Gasteiger partial charge < -0.3 is 10.5 Å². The fourth-order valence-corrected chi connectivity index (χ4v) is 1.97. The van der Waals surface area contributed by atoms with E-state index < -0.39 is 0 Å². The van der Waals surface area contributed by atoms with Crippen molar-refractivity contribution >= 4 is 5.69 Å². The van der Waals surface area contributed by atoms with Gasteiger partial charge in [0, 0.05) is 24.3 Å². The maximum atomic E-state index is 5.66. The van der Waals surface area contributed by atoms with Crippen molar-refractivity contribution in [2.24, 2.45) is 0 Å². The molecule has 0 unspecified atom stereocenters. The van der Waals surface area contributed by atoms with Crippen LogP contribution in [-0.4, -0.2) is 16.4 Å². The minimum atomic E-state index is 0.682. The largest absolute Gasteiger partial charge is 0.494 e. The predicted molar refractivity (Wildman–Crippen MR) is 77.4 cm³/mol. The molecule has 4 heteroatoms. The number of hydrogen-bond acceptors (Lipinski definition) is 3. The van der Waals surface area contributed by atoms with Crippen molar-refractivity contribution in [1.29, 1.82) is 0 Å². The number of ether oxygens (including phenoxy) is 1. The maximum Gasteiger partial charge on any atom is 0.119 e. The molecule has 0 aliphatic carbocycles. The molecule has 0 aliphatic rings. The number of aryl methyl sites for hydroxylation is 2. The summed E-state index contributed by atoms with van der Waals surface area (Å²) in [6.07, 6.45) is 0.936. The van der Waals surface area contributed by atoms with E-state index in [9.17, 15) is 0 Å². The summed E-state index contributed by atoms with van der Waals surface area (Å²) < 4.78 is 7.72. The molecule has 0 amide bonds. The average molecular weight is 259 g/mol.